The quantitative estimate of drug-likeness (QED) is 0.281. The number of allylic oxidation sites excluding steroid dienone is 1. The van der Waals surface area contributed by atoms with Crippen LogP contribution >= 0.6 is 23.4 Å². The molecule has 182 valence electrons. The molecule has 1 atom stereocenters. The molecule has 0 spiro atoms. The molecule has 1 aromatic heterocycles. The van der Waals surface area contributed by atoms with Crippen molar-refractivity contribution in [2.45, 2.75) is 30.8 Å². The molecule has 0 fully saturated rings. The van der Waals surface area contributed by atoms with Crippen LogP contribution in [-0.2, 0) is 10.5 Å². The van der Waals surface area contributed by atoms with Crippen molar-refractivity contribution in [1.29, 1.82) is 0 Å². The number of benzene rings is 3. The van der Waals surface area contributed by atoms with Gasteiger partial charge < -0.3 is 10.6 Å². The maximum atomic E-state index is 14.3. The number of fused-ring (bicyclic) bond motifs is 1. The Kier molecular flexibility index (Phi) is 6.80. The number of hydrogen-bond acceptors (Lipinski definition) is 5. The molecule has 1 amide bonds. The molecule has 0 bridgehead atoms. The highest BCUT2D eigenvalue weighted by Gasteiger charge is 2.34. The summed E-state index contributed by atoms with van der Waals surface area (Å²) in [4.78, 5) is 18.2. The number of aromatic nitrogens is 3. The summed E-state index contributed by atoms with van der Waals surface area (Å²) >= 11 is 7.74. The van der Waals surface area contributed by atoms with Crippen LogP contribution in [0.5, 0.6) is 0 Å². The maximum absolute atomic E-state index is 14.3. The monoisotopic (exact) mass is 519 g/mol. The van der Waals surface area contributed by atoms with Crippen LogP contribution in [0.4, 0.5) is 16.0 Å². The zero-order valence-electron chi connectivity index (χ0n) is 19.6. The third kappa shape index (κ3) is 4.87. The van der Waals surface area contributed by atoms with Gasteiger partial charge in [0.2, 0.25) is 11.1 Å². The fourth-order valence-electron chi connectivity index (χ4n) is 4.13. The molecular weight excluding hydrogens is 497 g/mol. The van der Waals surface area contributed by atoms with Crippen molar-refractivity contribution in [2.24, 2.45) is 0 Å². The summed E-state index contributed by atoms with van der Waals surface area (Å²) in [6.07, 6.45) is 0. The Bertz CT molecular complexity index is 1480. The number of nitrogens with zero attached hydrogens (tertiary/aromatic N) is 3. The lowest BCUT2D eigenvalue weighted by molar-refractivity contribution is -0.113. The van der Waals surface area contributed by atoms with Crippen LogP contribution in [-0.4, -0.2) is 20.7 Å². The predicted molar refractivity (Wildman–Crippen MR) is 142 cm³/mol. The minimum atomic E-state index is -0.664. The first-order chi connectivity index (χ1) is 17.4. The second-order valence-electron chi connectivity index (χ2n) is 8.43. The highest BCUT2D eigenvalue weighted by Crippen LogP contribution is 2.37. The van der Waals surface area contributed by atoms with Gasteiger partial charge in [0, 0.05) is 22.2 Å². The van der Waals surface area contributed by atoms with Crippen LogP contribution in [0.1, 0.15) is 29.7 Å². The van der Waals surface area contributed by atoms with Crippen molar-refractivity contribution >= 4 is 40.9 Å². The fourth-order valence-corrected chi connectivity index (χ4v) is 5.25. The highest BCUT2D eigenvalue weighted by atomic mass is 35.5. The minimum absolute atomic E-state index is 0.296. The number of nitrogens with one attached hydrogen (secondary N) is 2. The van der Waals surface area contributed by atoms with E-state index in [-0.39, 0.29) is 5.91 Å². The number of halogens is 2. The van der Waals surface area contributed by atoms with E-state index in [0.29, 0.717) is 44.4 Å². The summed E-state index contributed by atoms with van der Waals surface area (Å²) < 4.78 is 15.9. The second-order valence-corrected chi connectivity index (χ2v) is 9.78. The Labute approximate surface area is 217 Å². The van der Waals surface area contributed by atoms with Crippen molar-refractivity contribution in [3.8, 4) is 0 Å². The molecule has 2 heterocycles. The lowest BCUT2D eigenvalue weighted by atomic mass is 9.95. The van der Waals surface area contributed by atoms with E-state index in [9.17, 15) is 9.18 Å². The molecule has 1 unspecified atom stereocenters. The molecule has 0 radical (unpaired) electrons. The maximum Gasteiger partial charge on any atom is 0.255 e. The molecule has 9 heteroatoms. The van der Waals surface area contributed by atoms with E-state index in [1.165, 1.54) is 23.9 Å². The van der Waals surface area contributed by atoms with Crippen LogP contribution in [0.3, 0.4) is 0 Å². The zero-order valence-corrected chi connectivity index (χ0v) is 21.2. The van der Waals surface area contributed by atoms with E-state index in [2.05, 4.69) is 15.6 Å². The van der Waals surface area contributed by atoms with E-state index in [1.807, 2.05) is 62.4 Å². The van der Waals surface area contributed by atoms with Crippen molar-refractivity contribution in [1.82, 2.24) is 14.8 Å². The van der Waals surface area contributed by atoms with Crippen molar-refractivity contribution in [3.63, 3.8) is 0 Å². The van der Waals surface area contributed by atoms with Gasteiger partial charge >= 0.3 is 0 Å². The molecule has 1 aliphatic heterocycles. The first kappa shape index (κ1) is 24.1. The smallest absolute Gasteiger partial charge is 0.255 e. The summed E-state index contributed by atoms with van der Waals surface area (Å²) in [5, 5.41) is 12.1. The van der Waals surface area contributed by atoms with E-state index in [0.717, 1.165) is 11.1 Å². The highest BCUT2D eigenvalue weighted by molar-refractivity contribution is 7.98. The van der Waals surface area contributed by atoms with Gasteiger partial charge in [-0.05, 0) is 54.8 Å². The van der Waals surface area contributed by atoms with Crippen LogP contribution in [0.2, 0.25) is 5.02 Å². The number of anilines is 2. The number of carbonyl (C=O) groups excluding carboxylic acids is 1. The van der Waals surface area contributed by atoms with Gasteiger partial charge in [-0.2, -0.15) is 4.98 Å². The average Bonchev–Trinajstić information content (AvgIpc) is 3.26. The summed E-state index contributed by atoms with van der Waals surface area (Å²) in [6, 6.07) is 20.7. The van der Waals surface area contributed by atoms with Gasteiger partial charge in [-0.3, -0.25) is 4.79 Å². The van der Waals surface area contributed by atoms with Crippen molar-refractivity contribution in [2.75, 3.05) is 10.6 Å². The lowest BCUT2D eigenvalue weighted by Gasteiger charge is -2.28. The van der Waals surface area contributed by atoms with E-state index in [4.69, 9.17) is 16.7 Å². The minimum Gasteiger partial charge on any atom is -0.328 e. The molecule has 5 rings (SSSR count). The number of para-hydroxylation sites is 1. The van der Waals surface area contributed by atoms with Gasteiger partial charge in [-0.15, -0.1) is 5.10 Å². The fraction of sp³-hybridized carbons (Fsp3) is 0.148. The van der Waals surface area contributed by atoms with Crippen LogP contribution < -0.4 is 10.6 Å². The third-order valence-corrected chi connectivity index (χ3v) is 7.21. The van der Waals surface area contributed by atoms with E-state index in [1.54, 1.807) is 16.8 Å². The topological polar surface area (TPSA) is 71.8 Å². The molecule has 2 N–H and O–H groups in total. The molecule has 0 saturated carbocycles. The molecule has 1 aliphatic rings. The van der Waals surface area contributed by atoms with Gasteiger partial charge in [0.25, 0.3) is 5.91 Å². The Morgan fingerprint density at radius 1 is 1.11 bits per heavy atom. The first-order valence-electron chi connectivity index (χ1n) is 11.3. The van der Waals surface area contributed by atoms with Crippen LogP contribution in [0, 0.1) is 12.7 Å². The van der Waals surface area contributed by atoms with Crippen molar-refractivity contribution < 1.29 is 9.18 Å². The number of amides is 1. The number of carbonyl (C=O) groups is 1. The largest absolute Gasteiger partial charge is 0.328 e. The Hall–Kier alpha value is -3.62. The number of rotatable bonds is 6. The van der Waals surface area contributed by atoms with Gasteiger partial charge in [-0.1, -0.05) is 71.9 Å². The molecule has 3 aromatic carbocycles. The third-order valence-electron chi connectivity index (χ3n) is 5.95. The molecule has 6 nitrogen and oxygen atoms in total. The van der Waals surface area contributed by atoms with Gasteiger partial charge in [0.1, 0.15) is 11.9 Å². The Balaban J connectivity index is 1.51. The average molecular weight is 520 g/mol. The van der Waals surface area contributed by atoms with E-state index < -0.39 is 11.9 Å². The van der Waals surface area contributed by atoms with E-state index >= 15 is 0 Å². The standard InChI is InChI=1S/C27H23ClFN5OS/c1-16-8-3-6-13-22(16)31-25(35)23-17(2)30-26-32-27(36-15-19-9-4-5-12-21(19)28)33-34(26)24(23)18-10-7-11-20(29)14-18/h3-14,24H,15H2,1-2H3,(H,31,35)(H,30,32,33). The van der Waals surface area contributed by atoms with Crippen LogP contribution in [0.15, 0.2) is 89.2 Å². The second kappa shape index (κ2) is 10.2. The molecule has 0 aliphatic carbocycles. The predicted octanol–water partition coefficient (Wildman–Crippen LogP) is 6.60. The van der Waals surface area contributed by atoms with Crippen LogP contribution in [0.25, 0.3) is 0 Å². The van der Waals surface area contributed by atoms with Crippen molar-refractivity contribution in [3.05, 3.63) is 112 Å². The Morgan fingerprint density at radius 3 is 2.67 bits per heavy atom. The summed E-state index contributed by atoms with van der Waals surface area (Å²) in [6.45, 7) is 3.74. The lowest BCUT2D eigenvalue weighted by Crippen LogP contribution is -2.31. The molecule has 0 saturated heterocycles. The summed E-state index contributed by atoms with van der Waals surface area (Å²) in [7, 11) is 0. The SMILES string of the molecule is CC1=C(C(=O)Nc2ccccc2C)C(c2cccc(F)c2)n2nc(SCc3ccccc3Cl)nc2N1. The zero-order chi connectivity index (χ0) is 25.2. The molecular formula is C27H23ClFN5OS. The van der Waals surface area contributed by atoms with Gasteiger partial charge in [0.05, 0.1) is 5.57 Å². The normalized spacial score (nSPS) is 14.8. The Morgan fingerprint density at radius 2 is 1.89 bits per heavy atom. The summed E-state index contributed by atoms with van der Waals surface area (Å²) in [5.74, 6) is 0.379. The van der Waals surface area contributed by atoms with Gasteiger partial charge in [0.15, 0.2) is 0 Å². The number of hydrogen-bond donors (Lipinski definition) is 2. The first-order valence-corrected chi connectivity index (χ1v) is 12.7. The molecule has 4 aromatic rings. The number of aryl methyl sites for hydroxylation is 1. The molecule has 36 heavy (non-hydrogen) atoms. The number of thioether (sulfide) groups is 1. The van der Waals surface area contributed by atoms with Gasteiger partial charge in [-0.25, -0.2) is 9.07 Å². The summed E-state index contributed by atoms with van der Waals surface area (Å²) in [5.41, 5.74) is 4.27.